The average molecular weight is 240 g/mol. The Kier molecular flexibility index (Phi) is 2.84. The summed E-state index contributed by atoms with van der Waals surface area (Å²) in [5.74, 6) is 1.36. The van der Waals surface area contributed by atoms with Crippen molar-refractivity contribution in [1.29, 1.82) is 0 Å². The Morgan fingerprint density at radius 1 is 1.00 bits per heavy atom. The highest BCUT2D eigenvalue weighted by Gasteiger charge is 2.14. The van der Waals surface area contributed by atoms with Crippen molar-refractivity contribution < 1.29 is 0 Å². The molecule has 0 saturated heterocycles. The number of benzene rings is 1. The fourth-order valence-corrected chi connectivity index (χ4v) is 2.42. The van der Waals surface area contributed by atoms with Crippen LogP contribution in [0.5, 0.6) is 0 Å². The predicted octanol–water partition coefficient (Wildman–Crippen LogP) is 1.66. The molecule has 0 spiro atoms. The number of nitrogens with two attached hydrogens (primary N) is 1. The summed E-state index contributed by atoms with van der Waals surface area (Å²) in [6, 6.07) is 8.64. The molecule has 0 aliphatic carbocycles. The molecular formula is C14H16N4. The van der Waals surface area contributed by atoms with E-state index in [-0.39, 0.29) is 0 Å². The monoisotopic (exact) mass is 240 g/mol. The first-order chi connectivity index (χ1) is 8.83. The molecule has 1 aliphatic heterocycles. The van der Waals surface area contributed by atoms with Crippen LogP contribution in [0, 0.1) is 0 Å². The van der Waals surface area contributed by atoms with Gasteiger partial charge in [0.2, 0.25) is 0 Å². The van der Waals surface area contributed by atoms with Gasteiger partial charge in [-0.3, -0.25) is 4.98 Å². The van der Waals surface area contributed by atoms with E-state index in [0.29, 0.717) is 5.82 Å². The van der Waals surface area contributed by atoms with Gasteiger partial charge >= 0.3 is 0 Å². The predicted molar refractivity (Wildman–Crippen MR) is 72.5 cm³/mol. The van der Waals surface area contributed by atoms with Crippen molar-refractivity contribution in [2.24, 2.45) is 0 Å². The molecule has 0 radical (unpaired) electrons. The summed E-state index contributed by atoms with van der Waals surface area (Å²) >= 11 is 0. The van der Waals surface area contributed by atoms with Gasteiger partial charge in [0.25, 0.3) is 0 Å². The molecule has 1 aromatic carbocycles. The summed E-state index contributed by atoms with van der Waals surface area (Å²) in [5.41, 5.74) is 8.57. The van der Waals surface area contributed by atoms with E-state index in [1.165, 1.54) is 11.1 Å². The Hall–Kier alpha value is -2.10. The van der Waals surface area contributed by atoms with E-state index >= 15 is 0 Å². The number of hydrogen-bond donors (Lipinski definition) is 1. The van der Waals surface area contributed by atoms with Crippen molar-refractivity contribution in [2.45, 2.75) is 12.8 Å². The van der Waals surface area contributed by atoms with Crippen molar-refractivity contribution >= 4 is 11.6 Å². The van der Waals surface area contributed by atoms with Gasteiger partial charge in [0.15, 0.2) is 0 Å². The van der Waals surface area contributed by atoms with Gasteiger partial charge in [0.05, 0.1) is 12.4 Å². The van der Waals surface area contributed by atoms with Crippen molar-refractivity contribution in [3.63, 3.8) is 0 Å². The average Bonchev–Trinajstić information content (AvgIpc) is 2.61. The highest BCUT2D eigenvalue weighted by Crippen LogP contribution is 2.19. The van der Waals surface area contributed by atoms with E-state index in [9.17, 15) is 0 Å². The lowest BCUT2D eigenvalue weighted by Crippen LogP contribution is -2.27. The number of nitrogen functional groups attached to an aromatic ring is 1. The standard InChI is InChI=1S/C14H16N4/c15-13-9-16-10-14(17-13)18-7-5-11-3-1-2-4-12(11)6-8-18/h1-4,9-10H,5-8H2,(H2,15,17). The third-order valence-corrected chi connectivity index (χ3v) is 3.38. The van der Waals surface area contributed by atoms with Gasteiger partial charge in [-0.1, -0.05) is 24.3 Å². The van der Waals surface area contributed by atoms with Crippen LogP contribution >= 0.6 is 0 Å². The number of hydrogen-bond acceptors (Lipinski definition) is 4. The van der Waals surface area contributed by atoms with Gasteiger partial charge in [0, 0.05) is 13.1 Å². The minimum Gasteiger partial charge on any atom is -0.382 e. The molecule has 0 saturated carbocycles. The Balaban J connectivity index is 1.83. The number of anilines is 2. The molecule has 2 aromatic rings. The fourth-order valence-electron chi connectivity index (χ4n) is 2.42. The lowest BCUT2D eigenvalue weighted by Gasteiger charge is -2.20. The van der Waals surface area contributed by atoms with E-state index < -0.39 is 0 Å². The highest BCUT2D eigenvalue weighted by atomic mass is 15.2. The largest absolute Gasteiger partial charge is 0.382 e. The van der Waals surface area contributed by atoms with E-state index in [2.05, 4.69) is 39.1 Å². The van der Waals surface area contributed by atoms with E-state index in [1.807, 2.05) is 0 Å². The molecule has 92 valence electrons. The normalized spacial score (nSPS) is 15.0. The Bertz CT molecular complexity index is 526. The summed E-state index contributed by atoms with van der Waals surface area (Å²) < 4.78 is 0. The first-order valence-corrected chi connectivity index (χ1v) is 6.22. The maximum Gasteiger partial charge on any atom is 0.149 e. The third-order valence-electron chi connectivity index (χ3n) is 3.38. The molecule has 1 aromatic heterocycles. The topological polar surface area (TPSA) is 55.0 Å². The first kappa shape index (κ1) is 11.0. The molecule has 0 amide bonds. The zero-order chi connectivity index (χ0) is 12.4. The second-order valence-corrected chi connectivity index (χ2v) is 4.56. The summed E-state index contributed by atoms with van der Waals surface area (Å²) in [4.78, 5) is 10.7. The van der Waals surface area contributed by atoms with Crippen LogP contribution in [0.15, 0.2) is 36.7 Å². The van der Waals surface area contributed by atoms with Crippen LogP contribution in [-0.2, 0) is 12.8 Å². The van der Waals surface area contributed by atoms with Crippen LogP contribution < -0.4 is 10.6 Å². The Morgan fingerprint density at radius 3 is 2.28 bits per heavy atom. The summed E-state index contributed by atoms with van der Waals surface area (Å²) in [7, 11) is 0. The molecular weight excluding hydrogens is 224 g/mol. The number of rotatable bonds is 1. The minimum atomic E-state index is 0.481. The second kappa shape index (κ2) is 4.64. The minimum absolute atomic E-state index is 0.481. The van der Waals surface area contributed by atoms with Crippen molar-refractivity contribution in [3.8, 4) is 0 Å². The zero-order valence-corrected chi connectivity index (χ0v) is 10.2. The lowest BCUT2D eigenvalue weighted by molar-refractivity contribution is 0.788. The third kappa shape index (κ3) is 2.14. The molecule has 0 fully saturated rings. The van der Waals surface area contributed by atoms with Crippen LogP contribution in [0.3, 0.4) is 0 Å². The molecule has 2 heterocycles. The van der Waals surface area contributed by atoms with Gasteiger partial charge in [-0.2, -0.15) is 0 Å². The van der Waals surface area contributed by atoms with Crippen LogP contribution in [-0.4, -0.2) is 23.1 Å². The Morgan fingerprint density at radius 2 is 1.67 bits per heavy atom. The van der Waals surface area contributed by atoms with Crippen LogP contribution in [0.4, 0.5) is 11.6 Å². The zero-order valence-electron chi connectivity index (χ0n) is 10.2. The van der Waals surface area contributed by atoms with Crippen LogP contribution in [0.25, 0.3) is 0 Å². The highest BCUT2D eigenvalue weighted by molar-refractivity contribution is 5.43. The van der Waals surface area contributed by atoms with Crippen LogP contribution in [0.1, 0.15) is 11.1 Å². The number of aromatic nitrogens is 2. The van der Waals surface area contributed by atoms with Crippen LogP contribution in [0.2, 0.25) is 0 Å². The smallest absolute Gasteiger partial charge is 0.149 e. The molecule has 4 heteroatoms. The molecule has 0 unspecified atom stereocenters. The molecule has 18 heavy (non-hydrogen) atoms. The number of fused-ring (bicyclic) bond motifs is 1. The second-order valence-electron chi connectivity index (χ2n) is 4.56. The maximum atomic E-state index is 5.69. The van der Waals surface area contributed by atoms with Crippen molar-refractivity contribution in [1.82, 2.24) is 9.97 Å². The number of nitrogens with zero attached hydrogens (tertiary/aromatic N) is 3. The SMILES string of the molecule is Nc1cncc(N2CCc3ccccc3CC2)n1. The quantitative estimate of drug-likeness (QED) is 0.823. The first-order valence-electron chi connectivity index (χ1n) is 6.22. The molecule has 2 N–H and O–H groups in total. The molecule has 1 aliphatic rings. The molecule has 4 nitrogen and oxygen atoms in total. The Labute approximate surface area is 106 Å². The molecule has 0 bridgehead atoms. The van der Waals surface area contributed by atoms with Gasteiger partial charge in [-0.25, -0.2) is 4.98 Å². The van der Waals surface area contributed by atoms with E-state index in [1.54, 1.807) is 12.4 Å². The van der Waals surface area contributed by atoms with Crippen molar-refractivity contribution in [3.05, 3.63) is 47.8 Å². The van der Waals surface area contributed by atoms with Gasteiger partial charge in [-0.05, 0) is 24.0 Å². The van der Waals surface area contributed by atoms with Crippen molar-refractivity contribution in [2.75, 3.05) is 23.7 Å². The summed E-state index contributed by atoms with van der Waals surface area (Å²) in [6.45, 7) is 1.93. The summed E-state index contributed by atoms with van der Waals surface area (Å²) in [5, 5.41) is 0. The van der Waals surface area contributed by atoms with Gasteiger partial charge < -0.3 is 10.6 Å². The van der Waals surface area contributed by atoms with E-state index in [0.717, 1.165) is 31.7 Å². The summed E-state index contributed by atoms with van der Waals surface area (Å²) in [6.07, 6.45) is 5.46. The van der Waals surface area contributed by atoms with Gasteiger partial charge in [0.1, 0.15) is 11.6 Å². The van der Waals surface area contributed by atoms with Gasteiger partial charge in [-0.15, -0.1) is 0 Å². The molecule has 0 atom stereocenters. The van der Waals surface area contributed by atoms with E-state index in [4.69, 9.17) is 5.73 Å². The molecule has 3 rings (SSSR count). The lowest BCUT2D eigenvalue weighted by atomic mass is 10.0. The maximum absolute atomic E-state index is 5.69. The fraction of sp³-hybridized carbons (Fsp3) is 0.286.